The summed E-state index contributed by atoms with van der Waals surface area (Å²) < 4.78 is 1.22. The van der Waals surface area contributed by atoms with Crippen LogP contribution in [0.1, 0.15) is 16.1 Å². The van der Waals surface area contributed by atoms with Gasteiger partial charge in [0.05, 0.1) is 5.69 Å². The van der Waals surface area contributed by atoms with Crippen molar-refractivity contribution in [3.05, 3.63) is 41.6 Å². The van der Waals surface area contributed by atoms with Gasteiger partial charge in [-0.2, -0.15) is 9.78 Å². The number of nitrogens with zero attached hydrogens (tertiary/aromatic N) is 3. The minimum absolute atomic E-state index is 0.217. The zero-order valence-electron chi connectivity index (χ0n) is 10.7. The van der Waals surface area contributed by atoms with Gasteiger partial charge in [-0.25, -0.2) is 0 Å². The fraction of sp³-hybridized carbons (Fsp3) is 0.231. The van der Waals surface area contributed by atoms with Gasteiger partial charge in [0.1, 0.15) is 5.82 Å². The van der Waals surface area contributed by atoms with Crippen molar-refractivity contribution in [3.8, 4) is 0 Å². The second kappa shape index (κ2) is 4.52. The van der Waals surface area contributed by atoms with Crippen LogP contribution in [-0.4, -0.2) is 29.8 Å². The number of hydrogen-bond acceptors (Lipinski definition) is 4. The van der Waals surface area contributed by atoms with Crippen LogP contribution < -0.4 is 10.6 Å². The smallest absolute Gasteiger partial charge is 0.280 e. The average molecular weight is 244 g/mol. The van der Waals surface area contributed by atoms with Crippen molar-refractivity contribution in [3.63, 3.8) is 0 Å². The zero-order valence-corrected chi connectivity index (χ0v) is 10.7. The van der Waals surface area contributed by atoms with Crippen molar-refractivity contribution in [2.24, 2.45) is 0 Å². The van der Waals surface area contributed by atoms with Gasteiger partial charge in [-0.15, -0.1) is 0 Å². The molecule has 0 aliphatic carbocycles. The highest BCUT2D eigenvalue weighted by molar-refractivity contribution is 5.97. The maximum Gasteiger partial charge on any atom is 0.280 e. The van der Waals surface area contributed by atoms with Crippen LogP contribution in [0.15, 0.2) is 30.3 Å². The van der Waals surface area contributed by atoms with Crippen molar-refractivity contribution >= 4 is 17.4 Å². The van der Waals surface area contributed by atoms with Gasteiger partial charge in [0, 0.05) is 31.4 Å². The molecule has 1 aromatic heterocycles. The lowest BCUT2D eigenvalue weighted by Gasteiger charge is -2.12. The topological polar surface area (TPSA) is 64.2 Å². The number of aryl methyl sites for hydroxylation is 1. The first-order valence-electron chi connectivity index (χ1n) is 5.63. The molecule has 0 spiro atoms. The van der Waals surface area contributed by atoms with Gasteiger partial charge in [-0.3, -0.25) is 4.79 Å². The Morgan fingerprint density at radius 1 is 1.28 bits per heavy atom. The molecule has 0 amide bonds. The highest BCUT2D eigenvalue weighted by atomic mass is 16.2. The Morgan fingerprint density at radius 3 is 2.33 bits per heavy atom. The molecule has 0 bridgehead atoms. The Balaban J connectivity index is 2.32. The van der Waals surface area contributed by atoms with Crippen LogP contribution in [0.4, 0.5) is 11.5 Å². The molecule has 0 atom stereocenters. The molecule has 0 unspecified atom stereocenters. The molecular formula is C13H16N4O. The van der Waals surface area contributed by atoms with Gasteiger partial charge in [0.2, 0.25) is 0 Å². The number of nitrogens with two attached hydrogens (primary N) is 1. The standard InChI is InChI=1S/C13H16N4O/c1-9-8-12(14)17(15-9)13(18)10-4-6-11(7-5-10)16(2)3/h4-8H,14H2,1-3H3. The van der Waals surface area contributed by atoms with Gasteiger partial charge in [0.25, 0.3) is 5.91 Å². The van der Waals surface area contributed by atoms with E-state index in [1.165, 1.54) is 4.68 Å². The summed E-state index contributed by atoms with van der Waals surface area (Å²) in [7, 11) is 3.90. The highest BCUT2D eigenvalue weighted by Gasteiger charge is 2.13. The lowest BCUT2D eigenvalue weighted by molar-refractivity contribution is 0.0947. The van der Waals surface area contributed by atoms with E-state index in [1.807, 2.05) is 31.1 Å². The molecule has 1 heterocycles. The molecule has 18 heavy (non-hydrogen) atoms. The average Bonchev–Trinajstić information content (AvgIpc) is 2.67. The molecule has 5 heteroatoms. The van der Waals surface area contributed by atoms with Gasteiger partial charge < -0.3 is 10.6 Å². The summed E-state index contributed by atoms with van der Waals surface area (Å²) in [6.07, 6.45) is 0. The Kier molecular flexibility index (Phi) is 3.06. The maximum absolute atomic E-state index is 12.2. The summed E-state index contributed by atoms with van der Waals surface area (Å²) in [6, 6.07) is 8.99. The Bertz CT molecular complexity index is 569. The summed E-state index contributed by atoms with van der Waals surface area (Å²) >= 11 is 0. The van der Waals surface area contributed by atoms with E-state index in [-0.39, 0.29) is 5.91 Å². The van der Waals surface area contributed by atoms with E-state index in [0.29, 0.717) is 11.4 Å². The summed E-state index contributed by atoms with van der Waals surface area (Å²) in [5.74, 6) is 0.139. The largest absolute Gasteiger partial charge is 0.383 e. The molecule has 2 rings (SSSR count). The fourth-order valence-electron chi connectivity index (χ4n) is 1.71. The number of anilines is 2. The van der Waals surface area contributed by atoms with Gasteiger partial charge in [0.15, 0.2) is 0 Å². The number of carbonyl (C=O) groups excluding carboxylic acids is 1. The fourth-order valence-corrected chi connectivity index (χ4v) is 1.71. The molecule has 2 N–H and O–H groups in total. The van der Waals surface area contributed by atoms with Crippen molar-refractivity contribution in [1.82, 2.24) is 9.78 Å². The van der Waals surface area contributed by atoms with Gasteiger partial charge in [-0.1, -0.05) is 0 Å². The van der Waals surface area contributed by atoms with E-state index in [0.717, 1.165) is 11.4 Å². The predicted octanol–water partition coefficient (Wildman–Crippen LogP) is 1.53. The number of aromatic nitrogens is 2. The SMILES string of the molecule is Cc1cc(N)n(C(=O)c2ccc(N(C)C)cc2)n1. The molecule has 0 aliphatic rings. The molecular weight excluding hydrogens is 228 g/mol. The van der Waals surface area contributed by atoms with Crippen LogP contribution in [0.2, 0.25) is 0 Å². The van der Waals surface area contributed by atoms with Crippen molar-refractivity contribution < 1.29 is 4.79 Å². The minimum atomic E-state index is -0.217. The molecule has 0 saturated heterocycles. The third-order valence-corrected chi connectivity index (χ3v) is 2.68. The Morgan fingerprint density at radius 2 is 1.89 bits per heavy atom. The molecule has 0 aliphatic heterocycles. The summed E-state index contributed by atoms with van der Waals surface area (Å²) in [4.78, 5) is 14.1. The Labute approximate surface area is 106 Å². The second-order valence-corrected chi connectivity index (χ2v) is 4.37. The first-order valence-corrected chi connectivity index (χ1v) is 5.63. The molecule has 0 radical (unpaired) electrons. The lowest BCUT2D eigenvalue weighted by atomic mass is 10.2. The van der Waals surface area contributed by atoms with E-state index >= 15 is 0 Å². The van der Waals surface area contributed by atoms with Gasteiger partial charge >= 0.3 is 0 Å². The van der Waals surface area contributed by atoms with Crippen LogP contribution in [0, 0.1) is 6.92 Å². The second-order valence-electron chi connectivity index (χ2n) is 4.37. The van der Waals surface area contributed by atoms with E-state index < -0.39 is 0 Å². The van der Waals surface area contributed by atoms with E-state index in [1.54, 1.807) is 25.1 Å². The molecule has 5 nitrogen and oxygen atoms in total. The summed E-state index contributed by atoms with van der Waals surface area (Å²) in [6.45, 7) is 1.80. The third-order valence-electron chi connectivity index (χ3n) is 2.68. The number of nitrogen functional groups attached to an aromatic ring is 1. The van der Waals surface area contributed by atoms with E-state index in [9.17, 15) is 4.79 Å². The minimum Gasteiger partial charge on any atom is -0.383 e. The van der Waals surface area contributed by atoms with Crippen molar-refractivity contribution in [2.75, 3.05) is 24.7 Å². The normalized spacial score (nSPS) is 10.4. The number of carbonyl (C=O) groups is 1. The zero-order chi connectivity index (χ0) is 13.3. The van der Waals surface area contributed by atoms with Crippen molar-refractivity contribution in [2.45, 2.75) is 6.92 Å². The lowest BCUT2D eigenvalue weighted by Crippen LogP contribution is -2.16. The monoisotopic (exact) mass is 244 g/mol. The Hall–Kier alpha value is -2.30. The molecule has 0 saturated carbocycles. The first-order chi connectivity index (χ1) is 8.49. The quantitative estimate of drug-likeness (QED) is 0.870. The van der Waals surface area contributed by atoms with Crippen LogP contribution in [0.3, 0.4) is 0 Å². The number of rotatable bonds is 2. The van der Waals surface area contributed by atoms with Crippen LogP contribution in [-0.2, 0) is 0 Å². The third kappa shape index (κ3) is 2.20. The molecule has 1 aromatic carbocycles. The summed E-state index contributed by atoms with van der Waals surface area (Å²) in [5.41, 5.74) is 8.06. The van der Waals surface area contributed by atoms with Crippen molar-refractivity contribution in [1.29, 1.82) is 0 Å². The van der Waals surface area contributed by atoms with Crippen LogP contribution >= 0.6 is 0 Å². The van der Waals surface area contributed by atoms with Crippen LogP contribution in [0.5, 0.6) is 0 Å². The first kappa shape index (κ1) is 12.2. The molecule has 0 fully saturated rings. The number of hydrogen-bond donors (Lipinski definition) is 1. The van der Waals surface area contributed by atoms with Gasteiger partial charge in [-0.05, 0) is 31.2 Å². The molecule has 94 valence electrons. The van der Waals surface area contributed by atoms with Crippen LogP contribution in [0.25, 0.3) is 0 Å². The van der Waals surface area contributed by atoms with E-state index in [2.05, 4.69) is 5.10 Å². The van der Waals surface area contributed by atoms with E-state index in [4.69, 9.17) is 5.73 Å². The number of benzene rings is 1. The predicted molar refractivity (Wildman–Crippen MR) is 71.9 cm³/mol. The molecule has 2 aromatic rings. The highest BCUT2D eigenvalue weighted by Crippen LogP contribution is 2.14. The summed E-state index contributed by atoms with van der Waals surface area (Å²) in [5, 5.41) is 4.08. The maximum atomic E-state index is 12.2.